The van der Waals surface area contributed by atoms with E-state index in [1.54, 1.807) is 16.2 Å². The molecule has 5 N–H and O–H groups in total. The van der Waals surface area contributed by atoms with Crippen LogP contribution in [0.5, 0.6) is 0 Å². The van der Waals surface area contributed by atoms with Gasteiger partial charge in [-0.3, -0.25) is 28.6 Å². The van der Waals surface area contributed by atoms with E-state index in [9.17, 15) is 24.3 Å². The number of aliphatic hydroxyl groups is 1. The maximum atomic E-state index is 14.1. The minimum Gasteiger partial charge on any atom is -0.391 e. The zero-order chi connectivity index (χ0) is 57.3. The molecule has 19 heteroatoms. The number of likely N-dealkylation sites (tertiary alicyclic amines) is 1. The summed E-state index contributed by atoms with van der Waals surface area (Å²) in [7, 11) is 1.87. The Bertz CT molecular complexity index is 3030. The Morgan fingerprint density at radius 3 is 2.35 bits per heavy atom. The van der Waals surface area contributed by atoms with Crippen LogP contribution in [0.3, 0.4) is 0 Å². The van der Waals surface area contributed by atoms with E-state index >= 15 is 0 Å². The van der Waals surface area contributed by atoms with Crippen LogP contribution in [-0.2, 0) is 20.9 Å². The first-order chi connectivity index (χ1) is 38.5. The molecule has 4 aromatic heterocycles. The minimum absolute atomic E-state index is 0.0318. The molecule has 426 valence electrons. The number of unbranched alkanes of at least 4 members (excludes halogenated alkanes) is 2. The Morgan fingerprint density at radius 2 is 1.69 bits per heavy atom. The highest BCUT2D eigenvalue weighted by Crippen LogP contribution is 2.53. The number of para-hydroxylation sites is 1. The number of carbonyl (C=O) groups is 4. The van der Waals surface area contributed by atoms with Crippen molar-refractivity contribution in [2.24, 2.45) is 23.2 Å². The van der Waals surface area contributed by atoms with Crippen molar-refractivity contribution in [3.8, 4) is 23.5 Å². The average Bonchev–Trinajstić information content (AvgIpc) is 4.32. The molecule has 80 heavy (non-hydrogen) atoms. The second-order valence-corrected chi connectivity index (χ2v) is 24.2. The van der Waals surface area contributed by atoms with E-state index in [0.29, 0.717) is 73.2 Å². The van der Waals surface area contributed by atoms with Crippen molar-refractivity contribution in [1.82, 2.24) is 50.2 Å². The summed E-state index contributed by atoms with van der Waals surface area (Å²) in [5.41, 5.74) is 6.85. The van der Waals surface area contributed by atoms with Crippen LogP contribution in [0.15, 0.2) is 72.9 Å². The third kappa shape index (κ3) is 16.6. The molecule has 2 aromatic carbocycles. The number of thiazole rings is 1. The molecule has 17 nitrogen and oxygen atoms in total. The molecule has 2 bridgehead atoms. The standard InChI is InChI=1S/C46H59N11O4S2.C11H11NO.C4H10/c1-5-46(23-31-14-15-32(22-31)24-46)28-57-30(3)35(25-48-57)34-16-17-38(55(4)39-21-29(2)43(53-52-39)51-45-49-36-11-8-9-12-37(36)63-45)50-42(34)44(61)54-62-20-10-6-7-13-40(59)47-26-41(60)56-19-18-33(58)27-56;1-3-10-4-6-11(7-5-10)9(2)12-8-13;1-4(2)3/h8-9,11-12,16-17,21,25,31-33,58H,5-7,10,13-15,18-20,22-24,26-28H2,1-4H3,(H,47,59)(H,54,61)(H,49,51,53);1,4-9H,2H3,(H,12,13);4H,1-3H3/t;9-;/m.0./s1. The molecule has 1 saturated heterocycles. The lowest BCUT2D eigenvalue weighted by atomic mass is 9.67. The number of terminal acetylenes is 1. The molecule has 3 unspecified atom stereocenters. The summed E-state index contributed by atoms with van der Waals surface area (Å²) in [5.74, 6) is 6.74. The zero-order valence-corrected chi connectivity index (χ0v) is 49.4. The fourth-order valence-electron chi connectivity index (χ4n) is 10.7. The van der Waals surface area contributed by atoms with Crippen LogP contribution in [-0.4, -0.2) is 103 Å². The molecule has 3 fully saturated rings. The van der Waals surface area contributed by atoms with Gasteiger partial charge in [-0.2, -0.15) is 5.10 Å². The van der Waals surface area contributed by atoms with Crippen LogP contribution in [0.25, 0.3) is 21.3 Å². The molecular formula is C61H80N12O5S2. The van der Waals surface area contributed by atoms with Gasteiger partial charge in [-0.05, 0) is 142 Å². The largest absolute Gasteiger partial charge is 0.391 e. The number of nitrogens with one attached hydrogen (secondary N) is 4. The van der Waals surface area contributed by atoms with Gasteiger partial charge in [0.05, 0.1) is 35.1 Å². The average molecular weight is 1130 g/mol. The summed E-state index contributed by atoms with van der Waals surface area (Å²) >= 11 is 2.88. The van der Waals surface area contributed by atoms with Crippen LogP contribution in [0, 0.1) is 49.4 Å². The monoisotopic (exact) mass is 1120 g/mol. The van der Waals surface area contributed by atoms with Crippen molar-refractivity contribution in [3.05, 3.63) is 101 Å². The molecular weight excluding hydrogens is 1040 g/mol. The molecule has 1 aliphatic heterocycles. The van der Waals surface area contributed by atoms with Gasteiger partial charge in [-0.15, -0.1) is 16.6 Å². The fourth-order valence-corrected chi connectivity index (χ4v) is 12.3. The van der Waals surface area contributed by atoms with Crippen molar-refractivity contribution in [2.75, 3.05) is 42.7 Å². The highest BCUT2D eigenvalue weighted by atomic mass is 32.2. The number of aromatic nitrogens is 6. The Labute approximate surface area is 480 Å². The summed E-state index contributed by atoms with van der Waals surface area (Å²) in [4.78, 5) is 62.0. The molecule has 2 aliphatic carbocycles. The van der Waals surface area contributed by atoms with Gasteiger partial charge in [-0.25, -0.2) is 9.97 Å². The molecule has 4 amide bonds. The number of β-amino-alcohol motifs (C(OH)–C–C–N with tert-alkyl or cyclic N) is 1. The molecule has 2 saturated carbocycles. The Kier molecular flexibility index (Phi) is 22.0. The first-order valence-corrected chi connectivity index (χ1v) is 29.9. The quantitative estimate of drug-likeness (QED) is 0.0197. The number of hydrogen-bond donors (Lipinski definition) is 5. The number of fused-ring (bicyclic) bond motifs is 3. The third-order valence-electron chi connectivity index (χ3n) is 15.2. The number of benzene rings is 2. The lowest BCUT2D eigenvalue weighted by molar-refractivity contribution is -0.132. The number of carbonyl (C=O) groups excluding carboxylic acids is 4. The highest BCUT2D eigenvalue weighted by molar-refractivity contribution is 7.97. The minimum atomic E-state index is -0.486. The maximum Gasteiger partial charge on any atom is 0.280 e. The lowest BCUT2D eigenvalue weighted by Crippen LogP contribution is -2.39. The van der Waals surface area contributed by atoms with Gasteiger partial charge < -0.3 is 30.9 Å². The highest BCUT2D eigenvalue weighted by Gasteiger charge is 2.43. The predicted molar refractivity (Wildman–Crippen MR) is 322 cm³/mol. The molecule has 3 aliphatic rings. The van der Waals surface area contributed by atoms with Gasteiger partial charge in [0.1, 0.15) is 11.5 Å². The first kappa shape index (κ1) is 60.8. The molecule has 6 aromatic rings. The van der Waals surface area contributed by atoms with E-state index in [2.05, 4.69) is 81.1 Å². The number of anilines is 4. The maximum absolute atomic E-state index is 14.1. The smallest absolute Gasteiger partial charge is 0.280 e. The number of aryl methyl sites for hydroxylation is 1. The number of nitrogens with zero attached hydrogens (tertiary/aromatic N) is 8. The Morgan fingerprint density at radius 1 is 0.950 bits per heavy atom. The molecule has 0 spiro atoms. The Hall–Kier alpha value is -6.88. The fraction of sp³-hybridized carbons (Fsp3) is 0.492. The Balaban J connectivity index is 0.000000468. The summed E-state index contributed by atoms with van der Waals surface area (Å²) in [6.45, 7) is 16.5. The van der Waals surface area contributed by atoms with Crippen molar-refractivity contribution < 1.29 is 24.3 Å². The van der Waals surface area contributed by atoms with Crippen LogP contribution in [0.2, 0.25) is 0 Å². The van der Waals surface area contributed by atoms with Crippen LogP contribution in [0.1, 0.15) is 144 Å². The number of aliphatic hydroxyl groups excluding tert-OH is 1. The van der Waals surface area contributed by atoms with Gasteiger partial charge >= 0.3 is 0 Å². The van der Waals surface area contributed by atoms with Crippen LogP contribution >= 0.6 is 23.3 Å². The van der Waals surface area contributed by atoms with Crippen LogP contribution in [0.4, 0.5) is 22.6 Å². The topological polar surface area (TPSA) is 212 Å². The summed E-state index contributed by atoms with van der Waals surface area (Å²) < 4.78 is 6.28. The van der Waals surface area contributed by atoms with Crippen molar-refractivity contribution >= 4 is 80.2 Å². The van der Waals surface area contributed by atoms with E-state index in [0.717, 1.165) is 86.9 Å². The number of hydrogen-bond acceptors (Lipinski definition) is 14. The number of amides is 4. The third-order valence-corrected chi connectivity index (χ3v) is 16.9. The number of rotatable bonds is 21. The van der Waals surface area contributed by atoms with Gasteiger partial charge in [-0.1, -0.05) is 100 Å². The van der Waals surface area contributed by atoms with E-state index in [1.165, 1.54) is 44.1 Å². The SMILES string of the molecule is C#Cc1ccc([C@H](C)NC=O)cc1.CC(C)C.CCC1(Cn2ncc(-c3ccc(N(C)c4cc(C)c(Nc5nc6ccccc6s5)nn4)nc3C(=O)NSCCCCCC(=O)NCC(=O)N3CCC(O)C3)c2C)CC2CCC(C2)C1. The van der Waals surface area contributed by atoms with Crippen LogP contribution < -0.4 is 25.6 Å². The van der Waals surface area contributed by atoms with Gasteiger partial charge in [0.2, 0.25) is 18.2 Å². The van der Waals surface area contributed by atoms with Crippen molar-refractivity contribution in [3.63, 3.8) is 0 Å². The van der Waals surface area contributed by atoms with E-state index in [4.69, 9.17) is 16.5 Å². The van der Waals surface area contributed by atoms with Gasteiger partial charge in [0.25, 0.3) is 5.91 Å². The first-order valence-electron chi connectivity index (χ1n) is 28.1. The number of pyridine rings is 1. The second kappa shape index (κ2) is 29.0. The van der Waals surface area contributed by atoms with Crippen molar-refractivity contribution in [2.45, 2.75) is 138 Å². The van der Waals surface area contributed by atoms with Gasteiger partial charge in [0.15, 0.2) is 16.8 Å². The predicted octanol–water partition coefficient (Wildman–Crippen LogP) is 10.9. The van der Waals surface area contributed by atoms with E-state index in [1.807, 2.05) is 98.7 Å². The molecule has 4 atom stereocenters. The van der Waals surface area contributed by atoms with Crippen molar-refractivity contribution in [1.29, 1.82) is 0 Å². The summed E-state index contributed by atoms with van der Waals surface area (Å²) in [5, 5.41) is 33.1. The van der Waals surface area contributed by atoms with E-state index < -0.39 is 6.10 Å². The zero-order valence-electron chi connectivity index (χ0n) is 47.8. The summed E-state index contributed by atoms with van der Waals surface area (Å²) in [6, 6.07) is 21.4. The molecule has 9 rings (SSSR count). The molecule has 5 heterocycles. The van der Waals surface area contributed by atoms with Gasteiger partial charge in [0, 0.05) is 61.2 Å². The normalized spacial score (nSPS) is 18.5. The summed E-state index contributed by atoms with van der Waals surface area (Å²) in [6.07, 6.45) is 18.2. The lowest BCUT2D eigenvalue weighted by Gasteiger charge is -2.40. The molecule has 0 radical (unpaired) electrons. The van der Waals surface area contributed by atoms with E-state index in [-0.39, 0.29) is 35.7 Å². The second-order valence-electron chi connectivity index (χ2n) is 22.2.